The smallest absolute Gasteiger partial charge is 0.235 e. The molecule has 30 heavy (non-hydrogen) atoms. The van der Waals surface area contributed by atoms with E-state index in [1.165, 1.54) is 19.3 Å². The van der Waals surface area contributed by atoms with Crippen LogP contribution in [0.4, 0.5) is 0 Å². The van der Waals surface area contributed by atoms with Crippen LogP contribution in [0.3, 0.4) is 0 Å². The van der Waals surface area contributed by atoms with Crippen LogP contribution < -0.4 is 10.1 Å². The molecule has 2 aliphatic rings. The van der Waals surface area contributed by atoms with E-state index in [1.54, 1.807) is 0 Å². The molecule has 2 aliphatic heterocycles. The maximum atomic E-state index is 12.3. The maximum Gasteiger partial charge on any atom is 0.235 e. The molecule has 1 aromatic heterocycles. The van der Waals surface area contributed by atoms with E-state index in [2.05, 4.69) is 15.4 Å². The van der Waals surface area contributed by atoms with Crippen LogP contribution in [0.1, 0.15) is 43.7 Å². The van der Waals surface area contributed by atoms with Gasteiger partial charge < -0.3 is 9.26 Å². The number of aromatic nitrogens is 1. The number of hydrogen-bond donors (Lipinski definition) is 1. The van der Waals surface area contributed by atoms with Crippen molar-refractivity contribution >= 4 is 33.6 Å². The molecule has 1 atom stereocenters. The van der Waals surface area contributed by atoms with Crippen LogP contribution in [0.2, 0.25) is 0 Å². The Bertz CT molecular complexity index is 1100. The second kappa shape index (κ2) is 8.07. The Kier molecular flexibility index (Phi) is 5.12. The fourth-order valence-corrected chi connectivity index (χ4v) is 4.53. The highest BCUT2D eigenvalue weighted by atomic mass is 16.5. The lowest BCUT2D eigenvalue weighted by molar-refractivity contribution is -0.134. The van der Waals surface area contributed by atoms with Crippen molar-refractivity contribution in [2.75, 3.05) is 26.2 Å². The van der Waals surface area contributed by atoms with Gasteiger partial charge in [-0.3, -0.25) is 19.8 Å². The molecule has 2 amide bonds. The third-order valence-electron chi connectivity index (χ3n) is 6.15. The average molecular weight is 407 g/mol. The summed E-state index contributed by atoms with van der Waals surface area (Å²) in [7, 11) is 0. The summed E-state index contributed by atoms with van der Waals surface area (Å²) in [4.78, 5) is 26.3. The molecule has 0 aliphatic carbocycles. The van der Waals surface area contributed by atoms with Crippen LogP contribution in [0.25, 0.3) is 21.7 Å². The molecule has 7 nitrogen and oxygen atoms in total. The second-order valence-corrected chi connectivity index (χ2v) is 8.14. The van der Waals surface area contributed by atoms with Gasteiger partial charge in [0.2, 0.25) is 11.8 Å². The van der Waals surface area contributed by atoms with Gasteiger partial charge in [-0.05, 0) is 67.4 Å². The predicted molar refractivity (Wildman–Crippen MR) is 112 cm³/mol. The fraction of sp³-hybridized carbons (Fsp3) is 0.435. The van der Waals surface area contributed by atoms with Crippen molar-refractivity contribution in [3.8, 4) is 5.75 Å². The van der Waals surface area contributed by atoms with Gasteiger partial charge in [0, 0.05) is 13.0 Å². The summed E-state index contributed by atoms with van der Waals surface area (Å²) in [6.45, 7) is 3.94. The molecule has 2 aromatic carbocycles. The van der Waals surface area contributed by atoms with Crippen molar-refractivity contribution in [3.63, 3.8) is 0 Å². The highest BCUT2D eigenvalue weighted by Crippen LogP contribution is 2.36. The number of rotatable bonds is 5. The van der Waals surface area contributed by atoms with Gasteiger partial charge >= 0.3 is 0 Å². The van der Waals surface area contributed by atoms with Crippen LogP contribution in [-0.2, 0) is 9.59 Å². The van der Waals surface area contributed by atoms with Crippen LogP contribution >= 0.6 is 0 Å². The molecule has 3 heterocycles. The Labute approximate surface area is 174 Å². The molecule has 0 bridgehead atoms. The lowest BCUT2D eigenvalue weighted by Crippen LogP contribution is -2.39. The number of carbonyl (C=O) groups is 2. The number of nitrogens with zero attached hydrogens (tertiary/aromatic N) is 2. The second-order valence-electron chi connectivity index (χ2n) is 8.14. The summed E-state index contributed by atoms with van der Waals surface area (Å²) < 4.78 is 11.5. The molecule has 2 saturated heterocycles. The normalized spacial score (nSPS) is 20.6. The Morgan fingerprint density at radius 2 is 2.00 bits per heavy atom. The Morgan fingerprint density at radius 3 is 2.83 bits per heavy atom. The summed E-state index contributed by atoms with van der Waals surface area (Å²) in [6, 6.07) is 9.83. The van der Waals surface area contributed by atoms with Crippen LogP contribution in [0.15, 0.2) is 34.9 Å². The molecule has 156 valence electrons. The highest BCUT2D eigenvalue weighted by molar-refractivity contribution is 6.10. The zero-order chi connectivity index (χ0) is 20.5. The molecular weight excluding hydrogens is 382 g/mol. The Balaban J connectivity index is 1.39. The van der Waals surface area contributed by atoms with E-state index in [4.69, 9.17) is 9.26 Å². The topological polar surface area (TPSA) is 84.7 Å². The largest absolute Gasteiger partial charge is 0.492 e. The number of amides is 2. The summed E-state index contributed by atoms with van der Waals surface area (Å²) in [6.07, 6.45) is 4.64. The number of ether oxygens (including phenoxy) is 1. The summed E-state index contributed by atoms with van der Waals surface area (Å²) >= 11 is 0. The van der Waals surface area contributed by atoms with Crippen LogP contribution in [-0.4, -0.2) is 48.1 Å². The third kappa shape index (κ3) is 3.65. The number of carbonyl (C=O) groups excluding carboxylic acids is 2. The van der Waals surface area contributed by atoms with Crippen molar-refractivity contribution in [2.24, 2.45) is 0 Å². The van der Waals surface area contributed by atoms with E-state index < -0.39 is 5.92 Å². The summed E-state index contributed by atoms with van der Waals surface area (Å²) in [5, 5.41) is 9.40. The molecule has 7 heteroatoms. The number of benzene rings is 2. The zero-order valence-corrected chi connectivity index (χ0v) is 16.9. The Hall–Kier alpha value is -2.93. The predicted octanol–water partition coefficient (Wildman–Crippen LogP) is 3.37. The lowest BCUT2D eigenvalue weighted by atomic mass is 9.91. The van der Waals surface area contributed by atoms with Crippen LogP contribution in [0.5, 0.6) is 5.75 Å². The molecule has 5 rings (SSSR count). The SMILES string of the molecule is O=C1CC[C@H](c2noc3ccc4cc(OCCN5CCCCC5)ccc4c23)C(=O)N1. The minimum Gasteiger partial charge on any atom is -0.492 e. The van der Waals surface area contributed by atoms with Gasteiger partial charge in [0.05, 0.1) is 11.3 Å². The van der Waals surface area contributed by atoms with Gasteiger partial charge in [0.15, 0.2) is 5.58 Å². The first-order valence-electron chi connectivity index (χ1n) is 10.7. The average Bonchev–Trinajstić information content (AvgIpc) is 3.19. The maximum absolute atomic E-state index is 12.3. The van der Waals surface area contributed by atoms with Gasteiger partial charge in [-0.1, -0.05) is 17.6 Å². The van der Waals surface area contributed by atoms with E-state index in [0.717, 1.165) is 41.5 Å². The number of fused-ring (bicyclic) bond motifs is 3. The quantitative estimate of drug-likeness (QED) is 0.653. The molecule has 0 spiro atoms. The van der Waals surface area contributed by atoms with Crippen molar-refractivity contribution < 1.29 is 18.8 Å². The first kappa shape index (κ1) is 19.1. The van der Waals surface area contributed by atoms with Gasteiger partial charge in [-0.2, -0.15) is 0 Å². The minimum atomic E-state index is -0.477. The molecule has 2 fully saturated rings. The van der Waals surface area contributed by atoms with Gasteiger partial charge in [-0.25, -0.2) is 0 Å². The summed E-state index contributed by atoms with van der Waals surface area (Å²) in [5.41, 5.74) is 1.24. The summed E-state index contributed by atoms with van der Waals surface area (Å²) in [5.74, 6) is -0.190. The number of hydrogen-bond acceptors (Lipinski definition) is 6. The molecular formula is C23H25N3O4. The Morgan fingerprint density at radius 1 is 1.13 bits per heavy atom. The van der Waals surface area contributed by atoms with Gasteiger partial charge in [0.1, 0.15) is 18.1 Å². The monoisotopic (exact) mass is 407 g/mol. The van der Waals surface area contributed by atoms with Gasteiger partial charge in [0.25, 0.3) is 0 Å². The first-order valence-corrected chi connectivity index (χ1v) is 10.7. The highest BCUT2D eigenvalue weighted by Gasteiger charge is 2.32. The number of likely N-dealkylation sites (tertiary alicyclic amines) is 1. The molecule has 0 radical (unpaired) electrons. The van der Waals surface area contributed by atoms with Crippen molar-refractivity contribution in [3.05, 3.63) is 36.0 Å². The van der Waals surface area contributed by atoms with Gasteiger partial charge in [-0.15, -0.1) is 0 Å². The molecule has 0 unspecified atom stereocenters. The molecule has 0 saturated carbocycles. The fourth-order valence-electron chi connectivity index (χ4n) is 4.53. The van der Waals surface area contributed by atoms with Crippen molar-refractivity contribution in [1.29, 1.82) is 0 Å². The standard InChI is InChI=1S/C23H25N3O4/c27-20-9-7-18(23(28)24-20)22-21-17-6-5-16(14-15(17)4-8-19(21)30-25-22)29-13-12-26-10-2-1-3-11-26/h4-6,8,14,18H,1-3,7,9-13H2,(H,24,27,28)/t18-/m1/s1. The molecule has 1 N–H and O–H groups in total. The van der Waals surface area contributed by atoms with Crippen molar-refractivity contribution in [1.82, 2.24) is 15.4 Å². The minimum absolute atomic E-state index is 0.236. The van der Waals surface area contributed by atoms with E-state index >= 15 is 0 Å². The number of piperidine rings is 2. The first-order chi connectivity index (χ1) is 14.7. The number of nitrogens with one attached hydrogen (secondary N) is 1. The van der Waals surface area contributed by atoms with E-state index in [0.29, 0.717) is 30.7 Å². The lowest BCUT2D eigenvalue weighted by Gasteiger charge is -2.26. The van der Waals surface area contributed by atoms with E-state index in [1.807, 2.05) is 30.3 Å². The van der Waals surface area contributed by atoms with Crippen molar-refractivity contribution in [2.45, 2.75) is 38.0 Å². The van der Waals surface area contributed by atoms with Crippen LogP contribution in [0, 0.1) is 0 Å². The zero-order valence-electron chi connectivity index (χ0n) is 16.9. The third-order valence-corrected chi connectivity index (χ3v) is 6.15. The molecule has 3 aromatic rings. The number of imide groups is 1. The van der Waals surface area contributed by atoms with E-state index in [9.17, 15) is 9.59 Å². The van der Waals surface area contributed by atoms with E-state index in [-0.39, 0.29) is 11.8 Å².